The number of carbonyl (C=O) groups excluding carboxylic acids is 2. The first-order chi connectivity index (χ1) is 15.9. The Morgan fingerprint density at radius 2 is 1.53 bits per heavy atom. The van der Waals surface area contributed by atoms with Crippen LogP contribution < -0.4 is 9.62 Å². The molecule has 0 aromatic heterocycles. The number of carbonyl (C=O) groups is 2. The third kappa shape index (κ3) is 8.02. The molecular weight excluding hydrogens is 474 g/mol. The second kappa shape index (κ2) is 12.2. The highest BCUT2D eigenvalue weighted by Crippen LogP contribution is 2.20. The molecule has 7 nitrogen and oxygen atoms in total. The number of amides is 2. The van der Waals surface area contributed by atoms with Crippen molar-refractivity contribution in [2.45, 2.75) is 46.7 Å². The predicted octanol–water partition coefficient (Wildman–Crippen LogP) is 3.86. The van der Waals surface area contributed by atoms with E-state index >= 15 is 0 Å². The molecular formula is C25H34ClN3O4S. The van der Waals surface area contributed by atoms with E-state index in [1.807, 2.05) is 32.9 Å². The molecule has 34 heavy (non-hydrogen) atoms. The van der Waals surface area contributed by atoms with Crippen molar-refractivity contribution < 1.29 is 18.0 Å². The summed E-state index contributed by atoms with van der Waals surface area (Å²) in [4.78, 5) is 27.7. The lowest BCUT2D eigenvalue weighted by molar-refractivity contribution is -0.139. The fourth-order valence-corrected chi connectivity index (χ4v) is 4.31. The van der Waals surface area contributed by atoms with Crippen LogP contribution in [0.3, 0.4) is 0 Å². The quantitative estimate of drug-likeness (QED) is 0.500. The summed E-state index contributed by atoms with van der Waals surface area (Å²) in [6.45, 7) is 7.81. The van der Waals surface area contributed by atoms with Gasteiger partial charge in [0.05, 0.1) is 11.9 Å². The zero-order valence-corrected chi connectivity index (χ0v) is 22.0. The molecule has 0 saturated carbocycles. The number of sulfonamides is 1. The number of nitrogens with one attached hydrogen (secondary N) is 1. The van der Waals surface area contributed by atoms with Crippen LogP contribution in [0.5, 0.6) is 0 Å². The molecule has 1 atom stereocenters. The summed E-state index contributed by atoms with van der Waals surface area (Å²) in [6, 6.07) is 13.2. The van der Waals surface area contributed by atoms with E-state index in [1.54, 1.807) is 43.3 Å². The number of hydrogen-bond donors (Lipinski definition) is 1. The molecule has 0 spiro atoms. The number of benzene rings is 2. The smallest absolute Gasteiger partial charge is 0.244 e. The van der Waals surface area contributed by atoms with Crippen molar-refractivity contribution in [2.75, 3.05) is 23.7 Å². The van der Waals surface area contributed by atoms with Crippen LogP contribution in [-0.2, 0) is 32.6 Å². The Morgan fingerprint density at radius 3 is 2.03 bits per heavy atom. The lowest BCUT2D eigenvalue weighted by Crippen LogP contribution is -2.51. The van der Waals surface area contributed by atoms with E-state index < -0.39 is 28.5 Å². The fourth-order valence-electron chi connectivity index (χ4n) is 3.33. The highest BCUT2D eigenvalue weighted by atomic mass is 35.5. The predicted molar refractivity (Wildman–Crippen MR) is 137 cm³/mol. The fraction of sp³-hybridized carbons (Fsp3) is 0.440. The molecule has 2 aromatic carbocycles. The first-order valence-corrected chi connectivity index (χ1v) is 13.5. The first kappa shape index (κ1) is 27.7. The van der Waals surface area contributed by atoms with Gasteiger partial charge in [0, 0.05) is 18.1 Å². The zero-order valence-electron chi connectivity index (χ0n) is 20.4. The minimum absolute atomic E-state index is 0.138. The van der Waals surface area contributed by atoms with Gasteiger partial charge in [0.2, 0.25) is 21.8 Å². The second-order valence-electron chi connectivity index (χ2n) is 8.75. The van der Waals surface area contributed by atoms with Crippen LogP contribution in [0.2, 0.25) is 5.02 Å². The average Bonchev–Trinajstić information content (AvgIpc) is 2.79. The van der Waals surface area contributed by atoms with E-state index in [1.165, 1.54) is 4.90 Å². The summed E-state index contributed by atoms with van der Waals surface area (Å²) in [5.41, 5.74) is 2.24. The van der Waals surface area contributed by atoms with Gasteiger partial charge in [-0.1, -0.05) is 56.6 Å². The Kier molecular flexibility index (Phi) is 9.94. The molecule has 0 radical (unpaired) electrons. The summed E-state index contributed by atoms with van der Waals surface area (Å²) in [5, 5.41) is 3.41. The first-order valence-electron chi connectivity index (χ1n) is 11.3. The van der Waals surface area contributed by atoms with Gasteiger partial charge in [-0.15, -0.1) is 0 Å². The molecule has 186 valence electrons. The van der Waals surface area contributed by atoms with Gasteiger partial charge in [0.1, 0.15) is 12.6 Å². The Balaban J connectivity index is 2.34. The summed E-state index contributed by atoms with van der Waals surface area (Å²) < 4.78 is 26.2. The van der Waals surface area contributed by atoms with Gasteiger partial charge >= 0.3 is 0 Å². The largest absolute Gasteiger partial charge is 0.354 e. The van der Waals surface area contributed by atoms with Crippen LogP contribution in [0.25, 0.3) is 0 Å². The van der Waals surface area contributed by atoms with Crippen molar-refractivity contribution in [3.05, 3.63) is 64.7 Å². The number of anilines is 1. The van der Waals surface area contributed by atoms with Crippen molar-refractivity contribution in [1.29, 1.82) is 0 Å². The summed E-state index contributed by atoms with van der Waals surface area (Å²) in [6.07, 6.45) is 1.88. The van der Waals surface area contributed by atoms with E-state index in [2.05, 4.69) is 5.32 Å². The van der Waals surface area contributed by atoms with Crippen LogP contribution in [0.15, 0.2) is 48.5 Å². The molecule has 0 bridgehead atoms. The Hall–Kier alpha value is -2.58. The van der Waals surface area contributed by atoms with Crippen LogP contribution in [0, 0.1) is 5.92 Å². The molecule has 0 saturated heterocycles. The minimum atomic E-state index is -3.74. The third-order valence-electron chi connectivity index (χ3n) is 5.43. The van der Waals surface area contributed by atoms with Crippen LogP contribution in [0.1, 0.15) is 38.8 Å². The molecule has 0 fully saturated rings. The second-order valence-corrected chi connectivity index (χ2v) is 11.1. The lowest BCUT2D eigenvalue weighted by Gasteiger charge is -2.31. The molecule has 9 heteroatoms. The minimum Gasteiger partial charge on any atom is -0.354 e. The highest BCUT2D eigenvalue weighted by molar-refractivity contribution is 7.92. The van der Waals surface area contributed by atoms with Gasteiger partial charge in [-0.25, -0.2) is 8.42 Å². The van der Waals surface area contributed by atoms with E-state index in [0.29, 0.717) is 17.3 Å². The average molecular weight is 508 g/mol. The molecule has 0 aliphatic rings. The zero-order chi connectivity index (χ0) is 25.5. The van der Waals surface area contributed by atoms with Gasteiger partial charge in [-0.2, -0.15) is 0 Å². The molecule has 0 unspecified atom stereocenters. The Morgan fingerprint density at radius 1 is 0.971 bits per heavy atom. The number of hydrogen-bond acceptors (Lipinski definition) is 4. The molecule has 2 amide bonds. The van der Waals surface area contributed by atoms with Crippen molar-refractivity contribution in [2.24, 2.45) is 5.92 Å². The molecule has 2 rings (SSSR count). The monoisotopic (exact) mass is 507 g/mol. The number of rotatable bonds is 11. The Bertz CT molecular complexity index is 1070. The van der Waals surface area contributed by atoms with Crippen molar-refractivity contribution >= 4 is 39.1 Å². The van der Waals surface area contributed by atoms with Gasteiger partial charge in [-0.3, -0.25) is 13.9 Å². The van der Waals surface area contributed by atoms with Crippen molar-refractivity contribution in [1.82, 2.24) is 10.2 Å². The van der Waals surface area contributed by atoms with Crippen molar-refractivity contribution in [3.8, 4) is 0 Å². The summed E-state index contributed by atoms with van der Waals surface area (Å²) >= 11 is 5.99. The van der Waals surface area contributed by atoms with E-state index in [9.17, 15) is 18.0 Å². The van der Waals surface area contributed by atoms with Crippen LogP contribution in [-0.4, -0.2) is 50.5 Å². The summed E-state index contributed by atoms with van der Waals surface area (Å²) in [5.74, 6) is -0.523. The van der Waals surface area contributed by atoms with Crippen LogP contribution in [0.4, 0.5) is 5.69 Å². The van der Waals surface area contributed by atoms with Gasteiger partial charge < -0.3 is 10.2 Å². The molecule has 1 N–H and O–H groups in total. The van der Waals surface area contributed by atoms with E-state index in [4.69, 9.17) is 11.6 Å². The van der Waals surface area contributed by atoms with E-state index in [0.717, 1.165) is 28.1 Å². The molecule has 0 aliphatic carbocycles. The maximum absolute atomic E-state index is 13.5. The summed E-state index contributed by atoms with van der Waals surface area (Å²) in [7, 11) is -3.74. The number of aryl methyl sites for hydroxylation is 1. The molecule has 0 aliphatic heterocycles. The topological polar surface area (TPSA) is 86.8 Å². The van der Waals surface area contributed by atoms with E-state index in [-0.39, 0.29) is 18.4 Å². The normalized spacial score (nSPS) is 12.3. The van der Waals surface area contributed by atoms with Gasteiger partial charge in [0.25, 0.3) is 0 Å². The van der Waals surface area contributed by atoms with Crippen molar-refractivity contribution in [3.63, 3.8) is 0 Å². The maximum atomic E-state index is 13.5. The van der Waals surface area contributed by atoms with Crippen LogP contribution >= 0.6 is 11.6 Å². The lowest BCUT2D eigenvalue weighted by atomic mass is 10.1. The maximum Gasteiger partial charge on any atom is 0.244 e. The Labute approximate surface area is 208 Å². The number of halogens is 1. The highest BCUT2D eigenvalue weighted by Gasteiger charge is 2.30. The SMILES string of the molecule is CCc1ccc(N(CC(=O)N(Cc2ccc(Cl)cc2)[C@H](C)C(=O)NCC(C)C)S(C)(=O)=O)cc1. The molecule has 0 heterocycles. The molecule has 2 aromatic rings. The third-order valence-corrected chi connectivity index (χ3v) is 6.82. The van der Waals surface area contributed by atoms with Gasteiger partial charge in [0.15, 0.2) is 0 Å². The standard InChI is InChI=1S/C25H34ClN3O4S/c1-6-20-9-13-23(14-10-20)29(34(5,32)33)17-24(30)28(16-21-7-11-22(26)12-8-21)19(4)25(31)27-15-18(2)3/h7-14,18-19H,6,15-17H2,1-5H3,(H,27,31)/t19-/m1/s1. The number of nitrogens with zero attached hydrogens (tertiary/aromatic N) is 2. The van der Waals surface area contributed by atoms with Gasteiger partial charge in [-0.05, 0) is 54.7 Å².